The van der Waals surface area contributed by atoms with E-state index in [1.807, 2.05) is 7.05 Å². The van der Waals surface area contributed by atoms with Gasteiger partial charge in [0.1, 0.15) is 0 Å². The summed E-state index contributed by atoms with van der Waals surface area (Å²) in [6, 6.07) is 12.1. The van der Waals surface area contributed by atoms with Crippen LogP contribution < -0.4 is 5.32 Å². The van der Waals surface area contributed by atoms with Crippen molar-refractivity contribution in [1.29, 1.82) is 0 Å². The highest BCUT2D eigenvalue weighted by atomic mass is 15.2. The number of hydrogen-bond donors (Lipinski definition) is 1. The van der Waals surface area contributed by atoms with E-state index in [-0.39, 0.29) is 0 Å². The first-order valence-corrected chi connectivity index (χ1v) is 5.74. The van der Waals surface area contributed by atoms with E-state index >= 15 is 0 Å². The van der Waals surface area contributed by atoms with Gasteiger partial charge in [0.25, 0.3) is 0 Å². The van der Waals surface area contributed by atoms with Crippen LogP contribution in [0.4, 0.5) is 0 Å². The standard InChI is InChI=1S/C13H20N2/c1-14-10-12-8-9-13(15(12)2)11-6-4-3-5-7-11/h3-7,12-14H,8-10H2,1-2H3/t12-,13+/m0/s1. The van der Waals surface area contributed by atoms with Crippen LogP contribution >= 0.6 is 0 Å². The molecule has 15 heavy (non-hydrogen) atoms. The minimum atomic E-state index is 0.615. The zero-order chi connectivity index (χ0) is 10.7. The zero-order valence-electron chi connectivity index (χ0n) is 9.61. The second-order valence-corrected chi connectivity index (χ2v) is 4.38. The molecule has 1 aliphatic heterocycles. The van der Waals surface area contributed by atoms with Crippen molar-refractivity contribution >= 4 is 0 Å². The lowest BCUT2D eigenvalue weighted by molar-refractivity contribution is 0.240. The summed E-state index contributed by atoms with van der Waals surface area (Å²) in [5.41, 5.74) is 1.46. The van der Waals surface area contributed by atoms with E-state index < -0.39 is 0 Å². The molecule has 1 aromatic rings. The lowest BCUT2D eigenvalue weighted by atomic mass is 10.1. The van der Waals surface area contributed by atoms with Gasteiger partial charge in [-0.3, -0.25) is 4.90 Å². The molecule has 2 nitrogen and oxygen atoms in total. The molecule has 1 N–H and O–H groups in total. The normalized spacial score (nSPS) is 27.1. The van der Waals surface area contributed by atoms with Crippen molar-refractivity contribution in [2.24, 2.45) is 0 Å². The van der Waals surface area contributed by atoms with Crippen LogP contribution in [0, 0.1) is 0 Å². The number of likely N-dealkylation sites (tertiary alicyclic amines) is 1. The maximum Gasteiger partial charge on any atom is 0.0349 e. The number of likely N-dealkylation sites (N-methyl/N-ethyl adjacent to an activating group) is 2. The summed E-state index contributed by atoms with van der Waals surface area (Å²) in [6.07, 6.45) is 2.59. The Balaban J connectivity index is 2.07. The van der Waals surface area contributed by atoms with Gasteiger partial charge in [0.05, 0.1) is 0 Å². The number of hydrogen-bond acceptors (Lipinski definition) is 2. The summed E-state index contributed by atoms with van der Waals surface area (Å²) >= 11 is 0. The minimum absolute atomic E-state index is 0.615. The molecule has 0 spiro atoms. The van der Waals surface area contributed by atoms with Crippen molar-refractivity contribution in [3.05, 3.63) is 35.9 Å². The molecule has 0 aromatic heterocycles. The van der Waals surface area contributed by atoms with Crippen molar-refractivity contribution in [1.82, 2.24) is 10.2 Å². The molecule has 2 atom stereocenters. The van der Waals surface area contributed by atoms with E-state index in [0.29, 0.717) is 12.1 Å². The molecule has 0 radical (unpaired) electrons. The van der Waals surface area contributed by atoms with Gasteiger partial charge in [-0.15, -0.1) is 0 Å². The topological polar surface area (TPSA) is 15.3 Å². The summed E-state index contributed by atoms with van der Waals surface area (Å²) in [5, 5.41) is 3.27. The third-order valence-electron chi connectivity index (χ3n) is 3.47. The van der Waals surface area contributed by atoms with Gasteiger partial charge in [-0.1, -0.05) is 30.3 Å². The molecule has 0 amide bonds. The van der Waals surface area contributed by atoms with E-state index in [2.05, 4.69) is 47.6 Å². The van der Waals surface area contributed by atoms with Crippen molar-refractivity contribution in [3.8, 4) is 0 Å². The molecule has 0 aliphatic carbocycles. The molecule has 1 aromatic carbocycles. The Bertz CT molecular complexity index is 297. The van der Waals surface area contributed by atoms with Crippen LogP contribution in [0.1, 0.15) is 24.4 Å². The molecule has 1 aliphatic rings. The van der Waals surface area contributed by atoms with E-state index in [0.717, 1.165) is 6.54 Å². The highest BCUT2D eigenvalue weighted by Crippen LogP contribution is 2.33. The van der Waals surface area contributed by atoms with Gasteiger partial charge >= 0.3 is 0 Å². The minimum Gasteiger partial charge on any atom is -0.318 e. The maximum absolute atomic E-state index is 3.27. The van der Waals surface area contributed by atoms with Crippen LogP contribution in [0.15, 0.2) is 30.3 Å². The Kier molecular flexibility index (Phi) is 3.39. The van der Waals surface area contributed by atoms with Crippen molar-refractivity contribution < 1.29 is 0 Å². The maximum atomic E-state index is 3.27. The molecule has 1 fully saturated rings. The van der Waals surface area contributed by atoms with Gasteiger partial charge < -0.3 is 5.32 Å². The van der Waals surface area contributed by atoms with Crippen molar-refractivity contribution in [3.63, 3.8) is 0 Å². The van der Waals surface area contributed by atoms with Gasteiger partial charge in [0, 0.05) is 18.6 Å². The molecule has 1 heterocycles. The second-order valence-electron chi connectivity index (χ2n) is 4.38. The quantitative estimate of drug-likeness (QED) is 0.810. The van der Waals surface area contributed by atoms with Crippen LogP contribution in [0.25, 0.3) is 0 Å². The Morgan fingerprint density at radius 1 is 1.27 bits per heavy atom. The van der Waals surface area contributed by atoms with Crippen LogP contribution in [0.3, 0.4) is 0 Å². The summed E-state index contributed by atoms with van der Waals surface area (Å²) in [4.78, 5) is 2.51. The number of nitrogens with zero attached hydrogens (tertiary/aromatic N) is 1. The average Bonchev–Trinajstić information content (AvgIpc) is 2.63. The zero-order valence-corrected chi connectivity index (χ0v) is 9.61. The van der Waals surface area contributed by atoms with E-state index in [4.69, 9.17) is 0 Å². The summed E-state index contributed by atoms with van der Waals surface area (Å²) in [5.74, 6) is 0. The fourth-order valence-electron chi connectivity index (χ4n) is 2.57. The van der Waals surface area contributed by atoms with Gasteiger partial charge in [0.2, 0.25) is 0 Å². The highest BCUT2D eigenvalue weighted by molar-refractivity contribution is 5.20. The smallest absolute Gasteiger partial charge is 0.0349 e. The fourth-order valence-corrected chi connectivity index (χ4v) is 2.57. The highest BCUT2D eigenvalue weighted by Gasteiger charge is 2.30. The molecule has 2 heteroatoms. The first kappa shape index (κ1) is 10.7. The molecule has 0 saturated carbocycles. The number of nitrogens with one attached hydrogen (secondary N) is 1. The van der Waals surface area contributed by atoms with Gasteiger partial charge in [0.15, 0.2) is 0 Å². The van der Waals surface area contributed by atoms with E-state index in [1.54, 1.807) is 0 Å². The Morgan fingerprint density at radius 3 is 2.67 bits per heavy atom. The average molecular weight is 204 g/mol. The van der Waals surface area contributed by atoms with Gasteiger partial charge in [-0.2, -0.15) is 0 Å². The molecule has 0 bridgehead atoms. The summed E-state index contributed by atoms with van der Waals surface area (Å²) in [6.45, 7) is 1.10. The SMILES string of the molecule is CNC[C@@H]1CC[C@H](c2ccccc2)N1C. The number of benzene rings is 1. The number of rotatable bonds is 3. The largest absolute Gasteiger partial charge is 0.318 e. The second kappa shape index (κ2) is 4.77. The molecule has 0 unspecified atom stereocenters. The van der Waals surface area contributed by atoms with Gasteiger partial charge in [-0.05, 0) is 32.5 Å². The lowest BCUT2D eigenvalue weighted by Crippen LogP contribution is -2.35. The van der Waals surface area contributed by atoms with Crippen LogP contribution in [0.5, 0.6) is 0 Å². The molecule has 82 valence electrons. The summed E-state index contributed by atoms with van der Waals surface area (Å²) < 4.78 is 0. The Labute approximate surface area is 92.3 Å². The van der Waals surface area contributed by atoms with E-state index in [1.165, 1.54) is 18.4 Å². The van der Waals surface area contributed by atoms with E-state index in [9.17, 15) is 0 Å². The lowest BCUT2D eigenvalue weighted by Gasteiger charge is -2.25. The monoisotopic (exact) mass is 204 g/mol. The Hall–Kier alpha value is -0.860. The predicted molar refractivity (Wildman–Crippen MR) is 63.9 cm³/mol. The van der Waals surface area contributed by atoms with Crippen LogP contribution in [-0.4, -0.2) is 31.6 Å². The predicted octanol–water partition coefficient (Wildman–Crippen LogP) is 2.04. The van der Waals surface area contributed by atoms with Crippen molar-refractivity contribution in [2.75, 3.05) is 20.6 Å². The molecule has 1 saturated heterocycles. The summed E-state index contributed by atoms with van der Waals surface area (Å²) in [7, 11) is 4.27. The van der Waals surface area contributed by atoms with Gasteiger partial charge in [-0.25, -0.2) is 0 Å². The fraction of sp³-hybridized carbons (Fsp3) is 0.538. The third-order valence-corrected chi connectivity index (χ3v) is 3.47. The van der Waals surface area contributed by atoms with Crippen LogP contribution in [0.2, 0.25) is 0 Å². The molecular formula is C13H20N2. The molecule has 2 rings (SSSR count). The first-order valence-electron chi connectivity index (χ1n) is 5.74. The van der Waals surface area contributed by atoms with Crippen molar-refractivity contribution in [2.45, 2.75) is 24.9 Å². The first-order chi connectivity index (χ1) is 7.33. The third kappa shape index (κ3) is 2.21. The molecular weight excluding hydrogens is 184 g/mol. The Morgan fingerprint density at radius 2 is 2.00 bits per heavy atom. The van der Waals surface area contributed by atoms with Crippen LogP contribution in [-0.2, 0) is 0 Å².